The van der Waals surface area contributed by atoms with Gasteiger partial charge in [0.15, 0.2) is 11.6 Å². The van der Waals surface area contributed by atoms with Crippen LogP contribution < -0.4 is 4.90 Å². The molecule has 0 aliphatic carbocycles. The molecule has 118 valence electrons. The predicted molar refractivity (Wildman–Crippen MR) is 81.9 cm³/mol. The fraction of sp³-hybridized carbons (Fsp3) is 0.750. The van der Waals surface area contributed by atoms with E-state index in [-0.39, 0.29) is 17.8 Å². The molecule has 1 N–H and O–H groups in total. The summed E-state index contributed by atoms with van der Waals surface area (Å²) >= 11 is 0. The van der Waals surface area contributed by atoms with Crippen LogP contribution in [-0.4, -0.2) is 34.8 Å². The van der Waals surface area contributed by atoms with Crippen molar-refractivity contribution in [3.05, 3.63) is 17.8 Å². The molecule has 1 aliphatic rings. The topological polar surface area (TPSA) is 49.2 Å². The Morgan fingerprint density at radius 1 is 1.29 bits per heavy atom. The molecule has 1 aromatic heterocycles. The SMILES string of the molecule is CCCCC1(CO)CCN(c2ncnc(CC)c2F)CC1. The van der Waals surface area contributed by atoms with E-state index in [2.05, 4.69) is 16.9 Å². The lowest BCUT2D eigenvalue weighted by Crippen LogP contribution is -2.42. The lowest BCUT2D eigenvalue weighted by atomic mass is 9.75. The minimum Gasteiger partial charge on any atom is -0.396 e. The maximum absolute atomic E-state index is 14.3. The highest BCUT2D eigenvalue weighted by molar-refractivity contribution is 5.41. The van der Waals surface area contributed by atoms with Crippen LogP contribution >= 0.6 is 0 Å². The van der Waals surface area contributed by atoms with E-state index in [1.807, 2.05) is 11.8 Å². The van der Waals surface area contributed by atoms with E-state index in [0.29, 0.717) is 17.9 Å². The van der Waals surface area contributed by atoms with Crippen molar-refractivity contribution in [2.75, 3.05) is 24.6 Å². The number of aliphatic hydroxyl groups excluding tert-OH is 1. The summed E-state index contributed by atoms with van der Waals surface area (Å²) in [6.07, 6.45) is 7.16. The average Bonchev–Trinajstić information content (AvgIpc) is 2.54. The molecular weight excluding hydrogens is 269 g/mol. The lowest BCUT2D eigenvalue weighted by Gasteiger charge is -2.41. The first kappa shape index (κ1) is 16.1. The second kappa shape index (κ2) is 7.16. The van der Waals surface area contributed by atoms with Crippen LogP contribution in [0.1, 0.15) is 51.6 Å². The van der Waals surface area contributed by atoms with Crippen LogP contribution in [0.5, 0.6) is 0 Å². The van der Waals surface area contributed by atoms with E-state index in [0.717, 1.165) is 45.2 Å². The molecule has 0 bridgehead atoms. The van der Waals surface area contributed by atoms with Crippen molar-refractivity contribution < 1.29 is 9.50 Å². The van der Waals surface area contributed by atoms with Gasteiger partial charge in [0, 0.05) is 19.7 Å². The molecule has 5 heteroatoms. The largest absolute Gasteiger partial charge is 0.396 e. The van der Waals surface area contributed by atoms with Crippen LogP contribution in [-0.2, 0) is 6.42 Å². The Morgan fingerprint density at radius 2 is 2.00 bits per heavy atom. The van der Waals surface area contributed by atoms with Crippen molar-refractivity contribution in [2.45, 2.75) is 52.4 Å². The molecule has 0 atom stereocenters. The number of rotatable bonds is 6. The number of halogens is 1. The summed E-state index contributed by atoms with van der Waals surface area (Å²) in [4.78, 5) is 10.1. The first-order chi connectivity index (χ1) is 10.2. The van der Waals surface area contributed by atoms with Crippen molar-refractivity contribution in [3.63, 3.8) is 0 Å². The van der Waals surface area contributed by atoms with Crippen molar-refractivity contribution in [2.24, 2.45) is 5.41 Å². The Balaban J connectivity index is 2.07. The maximum Gasteiger partial charge on any atom is 0.187 e. The molecule has 1 fully saturated rings. The van der Waals surface area contributed by atoms with E-state index >= 15 is 0 Å². The molecule has 0 amide bonds. The van der Waals surface area contributed by atoms with Crippen LogP contribution in [0.25, 0.3) is 0 Å². The highest BCUT2D eigenvalue weighted by Gasteiger charge is 2.34. The normalized spacial score (nSPS) is 18.0. The lowest BCUT2D eigenvalue weighted by molar-refractivity contribution is 0.0844. The van der Waals surface area contributed by atoms with Gasteiger partial charge in [-0.25, -0.2) is 14.4 Å². The Labute approximate surface area is 126 Å². The standard InChI is InChI=1S/C16H26FN3O/c1-3-5-6-16(11-21)7-9-20(10-8-16)15-14(17)13(4-2)18-12-19-15/h12,21H,3-11H2,1-2H3. The molecule has 21 heavy (non-hydrogen) atoms. The fourth-order valence-electron chi connectivity index (χ4n) is 3.09. The van der Waals surface area contributed by atoms with Crippen molar-refractivity contribution in [1.29, 1.82) is 0 Å². The second-order valence-corrected chi connectivity index (χ2v) is 6.06. The molecule has 2 rings (SSSR count). The second-order valence-electron chi connectivity index (χ2n) is 6.06. The molecule has 1 saturated heterocycles. The molecule has 0 saturated carbocycles. The Kier molecular flexibility index (Phi) is 5.51. The van der Waals surface area contributed by atoms with E-state index in [9.17, 15) is 9.50 Å². The van der Waals surface area contributed by atoms with Crippen LogP contribution in [0.15, 0.2) is 6.33 Å². The van der Waals surface area contributed by atoms with Crippen molar-refractivity contribution in [3.8, 4) is 0 Å². The molecule has 1 aliphatic heterocycles. The zero-order valence-electron chi connectivity index (χ0n) is 13.1. The third-order valence-electron chi connectivity index (χ3n) is 4.70. The zero-order chi connectivity index (χ0) is 15.3. The highest BCUT2D eigenvalue weighted by atomic mass is 19.1. The Morgan fingerprint density at radius 3 is 2.57 bits per heavy atom. The van der Waals surface area contributed by atoms with Gasteiger partial charge in [-0.1, -0.05) is 26.7 Å². The predicted octanol–water partition coefficient (Wildman–Crippen LogP) is 2.95. The molecule has 0 unspecified atom stereocenters. The number of aryl methyl sites for hydroxylation is 1. The average molecular weight is 295 g/mol. The number of aliphatic hydroxyl groups is 1. The first-order valence-corrected chi connectivity index (χ1v) is 8.01. The molecule has 2 heterocycles. The summed E-state index contributed by atoms with van der Waals surface area (Å²) in [6.45, 7) is 5.80. The molecule has 4 nitrogen and oxygen atoms in total. The van der Waals surface area contributed by atoms with E-state index in [4.69, 9.17) is 0 Å². The number of hydrogen-bond donors (Lipinski definition) is 1. The van der Waals surface area contributed by atoms with Crippen LogP contribution in [0.4, 0.5) is 10.2 Å². The fourth-order valence-corrected chi connectivity index (χ4v) is 3.09. The van der Waals surface area contributed by atoms with Gasteiger partial charge in [0.2, 0.25) is 0 Å². The summed E-state index contributed by atoms with van der Waals surface area (Å²) in [5.74, 6) is 0.133. The van der Waals surface area contributed by atoms with Gasteiger partial charge in [0.1, 0.15) is 6.33 Å². The molecular formula is C16H26FN3O. The summed E-state index contributed by atoms with van der Waals surface area (Å²) < 4.78 is 14.3. The van der Waals surface area contributed by atoms with Crippen LogP contribution in [0.3, 0.4) is 0 Å². The number of anilines is 1. The molecule has 1 aromatic rings. The summed E-state index contributed by atoms with van der Waals surface area (Å²) in [5, 5.41) is 9.74. The number of piperidine rings is 1. The number of hydrogen-bond acceptors (Lipinski definition) is 4. The van der Waals surface area contributed by atoms with Gasteiger partial charge < -0.3 is 10.0 Å². The summed E-state index contributed by atoms with van der Waals surface area (Å²) in [7, 11) is 0. The molecule has 0 radical (unpaired) electrons. The molecule has 0 aromatic carbocycles. The van der Waals surface area contributed by atoms with Crippen molar-refractivity contribution in [1.82, 2.24) is 9.97 Å². The quantitative estimate of drug-likeness (QED) is 0.876. The van der Waals surface area contributed by atoms with Gasteiger partial charge >= 0.3 is 0 Å². The van der Waals surface area contributed by atoms with E-state index in [1.54, 1.807) is 0 Å². The number of unbranched alkanes of at least 4 members (excludes halogenated alkanes) is 1. The summed E-state index contributed by atoms with van der Waals surface area (Å²) in [5.41, 5.74) is 0.494. The minimum absolute atomic E-state index is 0.0175. The molecule has 0 spiro atoms. The van der Waals surface area contributed by atoms with Gasteiger partial charge in [-0.2, -0.15) is 0 Å². The zero-order valence-corrected chi connectivity index (χ0v) is 13.1. The Hall–Kier alpha value is -1.23. The smallest absolute Gasteiger partial charge is 0.187 e. The number of nitrogens with zero attached hydrogens (tertiary/aromatic N) is 3. The van der Waals surface area contributed by atoms with Crippen molar-refractivity contribution >= 4 is 5.82 Å². The van der Waals surface area contributed by atoms with Gasteiger partial charge in [-0.15, -0.1) is 0 Å². The minimum atomic E-state index is -0.287. The Bertz CT molecular complexity index is 459. The van der Waals surface area contributed by atoms with Gasteiger partial charge in [0.05, 0.1) is 5.69 Å². The monoisotopic (exact) mass is 295 g/mol. The van der Waals surface area contributed by atoms with Crippen LogP contribution in [0.2, 0.25) is 0 Å². The van der Waals surface area contributed by atoms with E-state index < -0.39 is 0 Å². The van der Waals surface area contributed by atoms with Crippen LogP contribution in [0, 0.1) is 11.2 Å². The van der Waals surface area contributed by atoms with Gasteiger partial charge in [0.25, 0.3) is 0 Å². The first-order valence-electron chi connectivity index (χ1n) is 8.01. The van der Waals surface area contributed by atoms with Gasteiger partial charge in [-0.3, -0.25) is 0 Å². The number of aromatic nitrogens is 2. The van der Waals surface area contributed by atoms with Gasteiger partial charge in [-0.05, 0) is 31.1 Å². The third kappa shape index (κ3) is 3.51. The van der Waals surface area contributed by atoms with E-state index in [1.165, 1.54) is 6.33 Å². The highest BCUT2D eigenvalue weighted by Crippen LogP contribution is 2.37. The third-order valence-corrected chi connectivity index (χ3v) is 4.70. The maximum atomic E-state index is 14.3. The summed E-state index contributed by atoms with van der Waals surface area (Å²) in [6, 6.07) is 0.